The second-order valence-corrected chi connectivity index (χ2v) is 5.15. The molecular weight excluding hydrogens is 342 g/mol. The van der Waals surface area contributed by atoms with E-state index in [4.69, 9.17) is 14.6 Å². The van der Waals surface area contributed by atoms with Crippen LogP contribution in [0, 0.1) is 10.1 Å². The van der Waals surface area contributed by atoms with Crippen molar-refractivity contribution in [3.63, 3.8) is 0 Å². The highest BCUT2D eigenvalue weighted by atomic mass is 16.6. The van der Waals surface area contributed by atoms with E-state index in [1.807, 2.05) is 0 Å². The van der Waals surface area contributed by atoms with Crippen molar-refractivity contribution >= 4 is 23.6 Å². The van der Waals surface area contributed by atoms with Gasteiger partial charge in [-0.3, -0.25) is 15.5 Å². The van der Waals surface area contributed by atoms with E-state index >= 15 is 0 Å². The molecule has 1 atom stereocenters. The number of carboxylic acids is 1. The number of hydrogen-bond donors (Lipinski definition) is 2. The summed E-state index contributed by atoms with van der Waals surface area (Å²) >= 11 is 0. The van der Waals surface area contributed by atoms with Gasteiger partial charge in [0.15, 0.2) is 17.6 Å². The van der Waals surface area contributed by atoms with Crippen molar-refractivity contribution in [2.75, 3.05) is 12.5 Å². The summed E-state index contributed by atoms with van der Waals surface area (Å²) in [5.41, 5.74) is 3.77. The number of rotatable bonds is 8. The predicted octanol–water partition coefficient (Wildman–Crippen LogP) is 2.90. The molecule has 2 N–H and O–H groups in total. The lowest BCUT2D eigenvalue weighted by Crippen LogP contribution is -2.23. The number of anilines is 1. The minimum Gasteiger partial charge on any atom is -0.493 e. The molecule has 2 aromatic carbocycles. The zero-order chi connectivity index (χ0) is 19.1. The Balaban J connectivity index is 2.18. The Labute approximate surface area is 149 Å². The van der Waals surface area contributed by atoms with Gasteiger partial charge in [-0.1, -0.05) is 6.07 Å². The lowest BCUT2D eigenvalue weighted by molar-refractivity contribution is -0.384. The summed E-state index contributed by atoms with van der Waals surface area (Å²) in [6, 6.07) is 10.8. The Hall–Kier alpha value is -3.62. The van der Waals surface area contributed by atoms with Crippen LogP contribution in [0.15, 0.2) is 47.6 Å². The molecule has 0 saturated heterocycles. The standard InChI is InChI=1S/C17H17N3O6/c1-11(17(21)22)26-16-12(4-3-5-15(16)25-2)10-18-19-13-6-8-14(9-7-13)20(23)24/h3-11,19H,1-2H3,(H,21,22)/b18-10-/t11-/m1/s1. The topological polar surface area (TPSA) is 123 Å². The fraction of sp³-hybridized carbons (Fsp3) is 0.176. The first-order valence-electron chi connectivity index (χ1n) is 7.52. The predicted molar refractivity (Wildman–Crippen MR) is 95.0 cm³/mol. The molecule has 0 amide bonds. The molecule has 136 valence electrons. The summed E-state index contributed by atoms with van der Waals surface area (Å²) < 4.78 is 10.7. The van der Waals surface area contributed by atoms with Crippen molar-refractivity contribution in [2.24, 2.45) is 5.10 Å². The minimum atomic E-state index is -1.11. The molecule has 9 heteroatoms. The fourth-order valence-electron chi connectivity index (χ4n) is 1.98. The van der Waals surface area contributed by atoms with Crippen LogP contribution in [0.5, 0.6) is 11.5 Å². The average Bonchev–Trinajstić information content (AvgIpc) is 2.63. The maximum atomic E-state index is 11.0. The van der Waals surface area contributed by atoms with Crippen LogP contribution in [0.25, 0.3) is 0 Å². The monoisotopic (exact) mass is 359 g/mol. The molecule has 0 fully saturated rings. The highest BCUT2D eigenvalue weighted by Crippen LogP contribution is 2.31. The van der Waals surface area contributed by atoms with E-state index in [0.717, 1.165) is 0 Å². The van der Waals surface area contributed by atoms with Crippen LogP contribution in [0.4, 0.5) is 11.4 Å². The largest absolute Gasteiger partial charge is 0.493 e. The van der Waals surface area contributed by atoms with Gasteiger partial charge in [0.25, 0.3) is 5.69 Å². The zero-order valence-electron chi connectivity index (χ0n) is 14.1. The third kappa shape index (κ3) is 4.69. The average molecular weight is 359 g/mol. The van der Waals surface area contributed by atoms with E-state index in [-0.39, 0.29) is 11.4 Å². The van der Waals surface area contributed by atoms with Crippen LogP contribution in [0.3, 0.4) is 0 Å². The fourth-order valence-corrected chi connectivity index (χ4v) is 1.98. The SMILES string of the molecule is COc1cccc(/C=N\Nc2ccc([N+](=O)[O-])cc2)c1O[C@H](C)C(=O)O. The quantitative estimate of drug-likeness (QED) is 0.422. The van der Waals surface area contributed by atoms with E-state index in [1.54, 1.807) is 18.2 Å². The van der Waals surface area contributed by atoms with Crippen molar-refractivity contribution in [1.29, 1.82) is 0 Å². The van der Waals surface area contributed by atoms with Crippen molar-refractivity contribution in [3.05, 3.63) is 58.1 Å². The number of para-hydroxylation sites is 1. The number of carbonyl (C=O) groups is 1. The van der Waals surface area contributed by atoms with Crippen LogP contribution >= 0.6 is 0 Å². The molecule has 0 heterocycles. The van der Waals surface area contributed by atoms with Crippen LogP contribution in [-0.2, 0) is 4.79 Å². The van der Waals surface area contributed by atoms with Crippen LogP contribution < -0.4 is 14.9 Å². The molecule has 0 aliphatic heterocycles. The van der Waals surface area contributed by atoms with Gasteiger partial charge in [-0.2, -0.15) is 5.10 Å². The van der Waals surface area contributed by atoms with E-state index in [1.165, 1.54) is 44.5 Å². The number of aliphatic carboxylic acids is 1. The van der Waals surface area contributed by atoms with Crippen molar-refractivity contribution in [1.82, 2.24) is 0 Å². The number of hydrazone groups is 1. The third-order valence-corrected chi connectivity index (χ3v) is 3.35. The summed E-state index contributed by atoms with van der Waals surface area (Å²) in [5.74, 6) is -0.487. The number of carboxylic acid groups (broad SMARTS) is 1. The zero-order valence-corrected chi connectivity index (χ0v) is 14.1. The minimum absolute atomic E-state index is 0.0225. The molecule has 0 aliphatic carbocycles. The highest BCUT2D eigenvalue weighted by Gasteiger charge is 2.17. The van der Waals surface area contributed by atoms with Crippen LogP contribution in [0.2, 0.25) is 0 Å². The number of ether oxygens (including phenoxy) is 2. The smallest absolute Gasteiger partial charge is 0.344 e. The van der Waals surface area contributed by atoms with E-state index in [0.29, 0.717) is 17.0 Å². The summed E-state index contributed by atoms with van der Waals surface area (Å²) in [4.78, 5) is 21.2. The lowest BCUT2D eigenvalue weighted by atomic mass is 10.2. The van der Waals surface area contributed by atoms with Gasteiger partial charge >= 0.3 is 5.97 Å². The van der Waals surface area contributed by atoms with Crippen molar-refractivity contribution < 1.29 is 24.3 Å². The van der Waals surface area contributed by atoms with Gasteiger partial charge in [-0.25, -0.2) is 4.79 Å². The molecule has 2 rings (SSSR count). The van der Waals surface area contributed by atoms with Gasteiger partial charge in [0.1, 0.15) is 0 Å². The van der Waals surface area contributed by atoms with Gasteiger partial charge in [-0.05, 0) is 31.2 Å². The molecule has 0 aliphatic rings. The van der Waals surface area contributed by atoms with Gasteiger partial charge < -0.3 is 14.6 Å². The third-order valence-electron chi connectivity index (χ3n) is 3.35. The molecule has 0 unspecified atom stereocenters. The molecule has 0 saturated carbocycles. The number of nitro groups is 1. The maximum Gasteiger partial charge on any atom is 0.344 e. The Morgan fingerprint density at radius 3 is 2.58 bits per heavy atom. The molecule has 0 spiro atoms. The van der Waals surface area contributed by atoms with Gasteiger partial charge in [0, 0.05) is 17.7 Å². The first-order valence-corrected chi connectivity index (χ1v) is 7.52. The first-order chi connectivity index (χ1) is 12.4. The molecule has 9 nitrogen and oxygen atoms in total. The van der Waals surface area contributed by atoms with Gasteiger partial charge in [0.05, 0.1) is 23.9 Å². The molecule has 0 aromatic heterocycles. The number of non-ortho nitro benzene ring substituents is 1. The summed E-state index contributed by atoms with van der Waals surface area (Å²) in [7, 11) is 1.45. The van der Waals surface area contributed by atoms with Gasteiger partial charge in [0.2, 0.25) is 0 Å². The van der Waals surface area contributed by atoms with Crippen LogP contribution in [-0.4, -0.2) is 35.4 Å². The van der Waals surface area contributed by atoms with Crippen molar-refractivity contribution in [2.45, 2.75) is 13.0 Å². The van der Waals surface area contributed by atoms with Crippen LogP contribution in [0.1, 0.15) is 12.5 Å². The molecule has 0 bridgehead atoms. The second kappa shape index (κ2) is 8.47. The van der Waals surface area contributed by atoms with E-state index in [9.17, 15) is 14.9 Å². The molecule has 26 heavy (non-hydrogen) atoms. The van der Waals surface area contributed by atoms with Gasteiger partial charge in [-0.15, -0.1) is 0 Å². The molecule has 2 aromatic rings. The number of nitro benzene ring substituents is 1. The summed E-state index contributed by atoms with van der Waals surface area (Å²) in [6.07, 6.45) is 0.370. The first kappa shape index (κ1) is 18.7. The Bertz CT molecular complexity index is 820. The summed E-state index contributed by atoms with van der Waals surface area (Å²) in [6.45, 7) is 1.41. The highest BCUT2D eigenvalue weighted by molar-refractivity contribution is 5.86. The van der Waals surface area contributed by atoms with E-state index in [2.05, 4.69) is 10.5 Å². The Morgan fingerprint density at radius 2 is 2.00 bits per heavy atom. The number of benzene rings is 2. The summed E-state index contributed by atoms with van der Waals surface area (Å²) in [5, 5.41) is 23.7. The maximum absolute atomic E-state index is 11.0. The number of nitrogens with one attached hydrogen (secondary N) is 1. The Morgan fingerprint density at radius 1 is 1.31 bits per heavy atom. The van der Waals surface area contributed by atoms with Crippen molar-refractivity contribution in [3.8, 4) is 11.5 Å². The molecular formula is C17H17N3O6. The lowest BCUT2D eigenvalue weighted by Gasteiger charge is -2.15. The number of nitrogens with zero attached hydrogens (tertiary/aromatic N) is 2. The number of hydrogen-bond acceptors (Lipinski definition) is 7. The normalized spacial score (nSPS) is 11.8. The Kier molecular flexibility index (Phi) is 6.10. The second-order valence-electron chi connectivity index (χ2n) is 5.15. The molecule has 0 radical (unpaired) electrons. The number of methoxy groups -OCH3 is 1. The van der Waals surface area contributed by atoms with E-state index < -0.39 is 17.0 Å².